The Labute approximate surface area is 118 Å². The lowest BCUT2D eigenvalue weighted by molar-refractivity contribution is 0.163. The molecule has 1 fully saturated rings. The van der Waals surface area contributed by atoms with Gasteiger partial charge in [-0.05, 0) is 57.2 Å². The zero-order valence-electron chi connectivity index (χ0n) is 12.9. The van der Waals surface area contributed by atoms with E-state index < -0.39 is 0 Å². The fourth-order valence-corrected chi connectivity index (χ4v) is 2.85. The molecule has 0 spiro atoms. The van der Waals surface area contributed by atoms with E-state index in [9.17, 15) is 0 Å². The molecule has 106 valence electrons. The molecule has 1 atom stereocenters. The highest BCUT2D eigenvalue weighted by molar-refractivity contribution is 5.53. The number of aryl methyl sites for hydroxylation is 2. The predicted molar refractivity (Wildman–Crippen MR) is 83.9 cm³/mol. The summed E-state index contributed by atoms with van der Waals surface area (Å²) in [5, 5.41) is 3.74. The third-order valence-electron chi connectivity index (χ3n) is 4.50. The third kappa shape index (κ3) is 3.73. The molecular formula is C17H28N2. The summed E-state index contributed by atoms with van der Waals surface area (Å²) in [5.41, 5.74) is 4.02. The van der Waals surface area contributed by atoms with Crippen LogP contribution >= 0.6 is 0 Å². The van der Waals surface area contributed by atoms with Crippen molar-refractivity contribution >= 4 is 5.69 Å². The van der Waals surface area contributed by atoms with Crippen LogP contribution in [0.1, 0.15) is 44.2 Å². The molecular weight excluding hydrogens is 232 g/mol. The Hall–Kier alpha value is -1.02. The molecule has 1 heterocycles. The van der Waals surface area contributed by atoms with Gasteiger partial charge in [-0.25, -0.2) is 0 Å². The first kappa shape index (κ1) is 14.4. The van der Waals surface area contributed by atoms with E-state index in [2.05, 4.69) is 56.1 Å². The number of piperidine rings is 1. The van der Waals surface area contributed by atoms with E-state index in [1.54, 1.807) is 0 Å². The second kappa shape index (κ2) is 6.42. The molecule has 0 saturated carbocycles. The van der Waals surface area contributed by atoms with Crippen LogP contribution in [-0.2, 0) is 0 Å². The molecule has 1 aliphatic rings. The first-order valence-electron chi connectivity index (χ1n) is 7.68. The maximum absolute atomic E-state index is 3.74. The van der Waals surface area contributed by atoms with Crippen LogP contribution in [-0.4, -0.2) is 30.1 Å². The number of anilines is 1. The topological polar surface area (TPSA) is 15.3 Å². The summed E-state index contributed by atoms with van der Waals surface area (Å²) in [6, 6.07) is 8.05. The van der Waals surface area contributed by atoms with Gasteiger partial charge < -0.3 is 10.2 Å². The van der Waals surface area contributed by atoms with Crippen molar-refractivity contribution in [3.8, 4) is 0 Å². The Morgan fingerprint density at radius 3 is 2.58 bits per heavy atom. The van der Waals surface area contributed by atoms with E-state index in [1.807, 2.05) is 0 Å². The fourth-order valence-electron chi connectivity index (χ4n) is 2.85. The lowest BCUT2D eigenvalue weighted by Gasteiger charge is -2.36. The molecule has 0 aromatic heterocycles. The van der Waals surface area contributed by atoms with Gasteiger partial charge in [0.05, 0.1) is 0 Å². The zero-order chi connectivity index (χ0) is 13.8. The van der Waals surface area contributed by atoms with Crippen molar-refractivity contribution in [1.82, 2.24) is 4.90 Å². The van der Waals surface area contributed by atoms with Crippen LogP contribution in [0.4, 0.5) is 5.69 Å². The van der Waals surface area contributed by atoms with Crippen molar-refractivity contribution in [1.29, 1.82) is 0 Å². The van der Waals surface area contributed by atoms with Crippen LogP contribution in [0.2, 0.25) is 0 Å². The minimum Gasteiger partial charge on any atom is -0.382 e. The Morgan fingerprint density at radius 1 is 1.26 bits per heavy atom. The highest BCUT2D eigenvalue weighted by Crippen LogP contribution is 2.22. The Balaban J connectivity index is 1.90. The number of benzene rings is 1. The smallest absolute Gasteiger partial charge is 0.0374 e. The van der Waals surface area contributed by atoms with Crippen molar-refractivity contribution in [2.24, 2.45) is 0 Å². The molecule has 2 heteroatoms. The fraction of sp³-hybridized carbons (Fsp3) is 0.647. The number of nitrogens with zero attached hydrogens (tertiary/aromatic N) is 1. The second-order valence-corrected chi connectivity index (χ2v) is 6.03. The van der Waals surface area contributed by atoms with E-state index in [0.717, 1.165) is 6.04 Å². The van der Waals surface area contributed by atoms with E-state index in [-0.39, 0.29) is 0 Å². The van der Waals surface area contributed by atoms with Crippen molar-refractivity contribution < 1.29 is 0 Å². The highest BCUT2D eigenvalue weighted by atomic mass is 15.2. The van der Waals surface area contributed by atoms with Crippen molar-refractivity contribution in [3.63, 3.8) is 0 Å². The molecule has 0 radical (unpaired) electrons. The summed E-state index contributed by atoms with van der Waals surface area (Å²) >= 11 is 0. The van der Waals surface area contributed by atoms with E-state index in [0.29, 0.717) is 6.04 Å². The van der Waals surface area contributed by atoms with Crippen LogP contribution in [0, 0.1) is 13.8 Å². The van der Waals surface area contributed by atoms with Gasteiger partial charge in [0.1, 0.15) is 0 Å². The van der Waals surface area contributed by atoms with Crippen LogP contribution < -0.4 is 5.32 Å². The van der Waals surface area contributed by atoms with Crippen LogP contribution in [0.3, 0.4) is 0 Å². The third-order valence-corrected chi connectivity index (χ3v) is 4.50. The SMILES string of the molecule is CCC(C)N1CCC(Nc2cc(C)ccc2C)CC1. The van der Waals surface area contributed by atoms with Crippen LogP contribution in [0.5, 0.6) is 0 Å². The first-order chi connectivity index (χ1) is 9.10. The number of nitrogens with one attached hydrogen (secondary N) is 1. The summed E-state index contributed by atoms with van der Waals surface area (Å²) in [6.07, 6.45) is 3.78. The minimum absolute atomic E-state index is 0.640. The molecule has 2 rings (SSSR count). The predicted octanol–water partition coefficient (Wildman–Crippen LogP) is 3.98. The lowest BCUT2D eigenvalue weighted by atomic mass is 10.0. The Kier molecular flexibility index (Phi) is 4.87. The normalized spacial score (nSPS) is 19.4. The second-order valence-electron chi connectivity index (χ2n) is 6.03. The molecule has 1 N–H and O–H groups in total. The van der Waals surface area contributed by atoms with Gasteiger partial charge in [-0.3, -0.25) is 0 Å². The molecule has 0 amide bonds. The van der Waals surface area contributed by atoms with Gasteiger partial charge in [0.25, 0.3) is 0 Å². The van der Waals surface area contributed by atoms with Crippen LogP contribution in [0.25, 0.3) is 0 Å². The van der Waals surface area contributed by atoms with E-state index in [4.69, 9.17) is 0 Å². The lowest BCUT2D eigenvalue weighted by Crippen LogP contribution is -2.43. The van der Waals surface area contributed by atoms with Crippen molar-refractivity contribution in [3.05, 3.63) is 29.3 Å². The molecule has 1 aliphatic heterocycles. The molecule has 1 unspecified atom stereocenters. The standard InChI is InChI=1S/C17H28N2/c1-5-15(4)19-10-8-16(9-11-19)18-17-12-13(2)6-7-14(17)3/h6-7,12,15-16,18H,5,8-11H2,1-4H3. The Bertz CT molecular complexity index is 406. The van der Waals surface area contributed by atoms with Gasteiger partial charge in [0.2, 0.25) is 0 Å². The Morgan fingerprint density at radius 2 is 1.95 bits per heavy atom. The average molecular weight is 260 g/mol. The minimum atomic E-state index is 0.640. The average Bonchev–Trinajstić information content (AvgIpc) is 2.43. The van der Waals surface area contributed by atoms with Gasteiger partial charge in [0.15, 0.2) is 0 Å². The van der Waals surface area contributed by atoms with Gasteiger partial charge in [-0.15, -0.1) is 0 Å². The monoisotopic (exact) mass is 260 g/mol. The summed E-state index contributed by atoms with van der Waals surface area (Å²) in [7, 11) is 0. The molecule has 1 aromatic carbocycles. The molecule has 0 aliphatic carbocycles. The molecule has 1 aromatic rings. The quantitative estimate of drug-likeness (QED) is 0.881. The number of hydrogen-bond acceptors (Lipinski definition) is 2. The summed E-state index contributed by atoms with van der Waals surface area (Å²) in [6.45, 7) is 11.4. The van der Waals surface area contributed by atoms with Crippen molar-refractivity contribution in [2.75, 3.05) is 18.4 Å². The maximum atomic E-state index is 3.74. The number of rotatable bonds is 4. The molecule has 0 bridgehead atoms. The number of likely N-dealkylation sites (tertiary alicyclic amines) is 1. The highest BCUT2D eigenvalue weighted by Gasteiger charge is 2.21. The van der Waals surface area contributed by atoms with E-state index in [1.165, 1.54) is 49.2 Å². The van der Waals surface area contributed by atoms with Crippen molar-refractivity contribution in [2.45, 2.75) is 59.0 Å². The molecule has 19 heavy (non-hydrogen) atoms. The number of hydrogen-bond donors (Lipinski definition) is 1. The summed E-state index contributed by atoms with van der Waals surface area (Å²) in [5.74, 6) is 0. The maximum Gasteiger partial charge on any atom is 0.0374 e. The first-order valence-corrected chi connectivity index (χ1v) is 7.68. The largest absolute Gasteiger partial charge is 0.382 e. The zero-order valence-corrected chi connectivity index (χ0v) is 12.9. The summed E-state index contributed by atoms with van der Waals surface area (Å²) in [4.78, 5) is 2.63. The van der Waals surface area contributed by atoms with Gasteiger partial charge in [-0.2, -0.15) is 0 Å². The molecule has 1 saturated heterocycles. The molecule has 2 nitrogen and oxygen atoms in total. The van der Waals surface area contributed by atoms with E-state index >= 15 is 0 Å². The van der Waals surface area contributed by atoms with Gasteiger partial charge >= 0.3 is 0 Å². The van der Waals surface area contributed by atoms with Gasteiger partial charge in [-0.1, -0.05) is 19.1 Å². The van der Waals surface area contributed by atoms with Gasteiger partial charge in [0, 0.05) is 30.9 Å². The summed E-state index contributed by atoms with van der Waals surface area (Å²) < 4.78 is 0. The van der Waals surface area contributed by atoms with Crippen LogP contribution in [0.15, 0.2) is 18.2 Å².